The molecule has 0 aromatic heterocycles. The Hall–Kier alpha value is -0.915. The molecule has 1 aromatic carbocycles. The van der Waals surface area contributed by atoms with Crippen LogP contribution >= 0.6 is 15.9 Å². The zero-order chi connectivity index (χ0) is 15.3. The second kappa shape index (κ2) is 4.82. The molecule has 1 saturated heterocycles. The van der Waals surface area contributed by atoms with Crippen molar-refractivity contribution in [3.63, 3.8) is 0 Å². The first-order chi connectivity index (χ1) is 9.05. The fourth-order valence-electron chi connectivity index (χ4n) is 2.09. The Kier molecular flexibility index (Phi) is 3.73. The summed E-state index contributed by atoms with van der Waals surface area (Å²) in [5.41, 5.74) is 0.369. The summed E-state index contributed by atoms with van der Waals surface area (Å²) in [5, 5.41) is 11.1. The Morgan fingerprint density at radius 3 is 2.15 bits per heavy atom. The monoisotopic (exact) mass is 341 g/mol. The molecule has 0 N–H and O–H groups in total. The summed E-state index contributed by atoms with van der Waals surface area (Å²) in [5.74, 6) is 0. The summed E-state index contributed by atoms with van der Waals surface area (Å²) in [6, 6.07) is 3.30. The number of hydrogen-bond acceptors (Lipinski definition) is 4. The second-order valence-electron chi connectivity index (χ2n) is 5.98. The van der Waals surface area contributed by atoms with Crippen LogP contribution in [0, 0.1) is 17.0 Å². The van der Waals surface area contributed by atoms with Crippen LogP contribution in [-0.2, 0) is 9.31 Å². The molecule has 0 aliphatic carbocycles. The number of hydrogen-bond donors (Lipinski definition) is 0. The van der Waals surface area contributed by atoms with Crippen LogP contribution in [0.4, 0.5) is 5.69 Å². The van der Waals surface area contributed by atoms with Crippen LogP contribution in [0.15, 0.2) is 16.6 Å². The number of nitro groups is 1. The van der Waals surface area contributed by atoms with Crippen LogP contribution in [0.25, 0.3) is 0 Å². The molecule has 0 radical (unpaired) electrons. The highest BCUT2D eigenvalue weighted by Crippen LogP contribution is 2.37. The topological polar surface area (TPSA) is 61.6 Å². The molecular weight excluding hydrogens is 325 g/mol. The summed E-state index contributed by atoms with van der Waals surface area (Å²) in [6.07, 6.45) is 0. The molecule has 0 unspecified atom stereocenters. The van der Waals surface area contributed by atoms with Gasteiger partial charge in [0, 0.05) is 16.1 Å². The lowest BCUT2D eigenvalue weighted by Gasteiger charge is -2.32. The fourth-order valence-corrected chi connectivity index (χ4v) is 2.55. The van der Waals surface area contributed by atoms with E-state index in [1.54, 1.807) is 6.92 Å². The molecule has 1 aliphatic heterocycles. The van der Waals surface area contributed by atoms with E-state index in [0.717, 1.165) is 0 Å². The van der Waals surface area contributed by atoms with Crippen molar-refractivity contribution >= 4 is 34.2 Å². The lowest BCUT2D eigenvalue weighted by atomic mass is 9.76. The van der Waals surface area contributed by atoms with Gasteiger partial charge in [0.25, 0.3) is 5.69 Å². The smallest absolute Gasteiger partial charge is 0.399 e. The summed E-state index contributed by atoms with van der Waals surface area (Å²) >= 11 is 3.30. The third-order valence-electron chi connectivity index (χ3n) is 4.09. The minimum atomic E-state index is -0.601. The van der Waals surface area contributed by atoms with E-state index in [0.29, 0.717) is 15.5 Å². The van der Waals surface area contributed by atoms with E-state index < -0.39 is 23.2 Å². The minimum absolute atomic E-state index is 0.0593. The Labute approximate surface area is 127 Å². The first-order valence-electron chi connectivity index (χ1n) is 6.35. The third-order valence-corrected chi connectivity index (χ3v) is 4.55. The summed E-state index contributed by atoms with van der Waals surface area (Å²) < 4.78 is 12.5. The SMILES string of the molecule is Cc1c(B2OC(C)(C)C(C)(C)O2)cc(Br)cc1[N+](=O)[O-]. The van der Waals surface area contributed by atoms with Crippen LogP contribution in [0.5, 0.6) is 0 Å². The summed E-state index contributed by atoms with van der Waals surface area (Å²) in [6.45, 7) is 9.53. The average molecular weight is 342 g/mol. The van der Waals surface area contributed by atoms with Crippen molar-refractivity contribution in [3.8, 4) is 0 Å². The maximum atomic E-state index is 11.1. The van der Waals surface area contributed by atoms with Crippen LogP contribution in [0.1, 0.15) is 33.3 Å². The lowest BCUT2D eigenvalue weighted by molar-refractivity contribution is -0.385. The second-order valence-corrected chi connectivity index (χ2v) is 6.90. The Balaban J connectivity index is 2.48. The van der Waals surface area contributed by atoms with Crippen molar-refractivity contribution in [3.05, 3.63) is 32.3 Å². The maximum Gasteiger partial charge on any atom is 0.495 e. The molecule has 0 spiro atoms. The van der Waals surface area contributed by atoms with Gasteiger partial charge in [0.05, 0.1) is 16.1 Å². The number of nitro benzene ring substituents is 1. The number of benzene rings is 1. The molecule has 0 amide bonds. The van der Waals surface area contributed by atoms with Gasteiger partial charge in [-0.2, -0.15) is 0 Å². The van der Waals surface area contributed by atoms with Gasteiger partial charge < -0.3 is 9.31 Å². The maximum absolute atomic E-state index is 11.1. The van der Waals surface area contributed by atoms with E-state index in [1.165, 1.54) is 6.07 Å². The standard InChI is InChI=1S/C13H17BBrNO4/c1-8-10(6-9(15)7-11(8)16(17)18)14-19-12(2,3)13(4,5)20-14/h6-7H,1-5H3. The van der Waals surface area contributed by atoms with Crippen LogP contribution in [-0.4, -0.2) is 23.2 Å². The molecule has 0 bridgehead atoms. The van der Waals surface area contributed by atoms with E-state index in [9.17, 15) is 10.1 Å². The Morgan fingerprint density at radius 2 is 1.70 bits per heavy atom. The molecule has 1 fully saturated rings. The van der Waals surface area contributed by atoms with Crippen molar-refractivity contribution in [2.75, 3.05) is 0 Å². The molecular formula is C13H17BBrNO4. The largest absolute Gasteiger partial charge is 0.495 e. The van der Waals surface area contributed by atoms with Gasteiger partial charge in [-0.05, 0) is 46.1 Å². The Morgan fingerprint density at radius 1 is 1.20 bits per heavy atom. The first-order valence-corrected chi connectivity index (χ1v) is 7.14. The highest BCUT2D eigenvalue weighted by atomic mass is 79.9. The molecule has 5 nitrogen and oxygen atoms in total. The van der Waals surface area contributed by atoms with E-state index in [4.69, 9.17) is 9.31 Å². The summed E-state index contributed by atoms with van der Waals surface area (Å²) in [7, 11) is -0.601. The number of nitrogens with zero attached hydrogens (tertiary/aromatic N) is 1. The van der Waals surface area contributed by atoms with E-state index in [2.05, 4.69) is 15.9 Å². The van der Waals surface area contributed by atoms with Gasteiger partial charge in [0.2, 0.25) is 0 Å². The predicted octanol–water partition coefficient (Wildman–Crippen LogP) is 2.96. The van der Waals surface area contributed by atoms with Crippen molar-refractivity contribution in [1.82, 2.24) is 0 Å². The van der Waals surface area contributed by atoms with Crippen LogP contribution < -0.4 is 5.46 Å². The minimum Gasteiger partial charge on any atom is -0.399 e. The molecule has 1 aliphatic rings. The number of rotatable bonds is 2. The van der Waals surface area contributed by atoms with Gasteiger partial charge in [-0.3, -0.25) is 10.1 Å². The van der Waals surface area contributed by atoms with Gasteiger partial charge in [-0.25, -0.2) is 0 Å². The molecule has 1 aromatic rings. The molecule has 7 heteroatoms. The van der Waals surface area contributed by atoms with Gasteiger partial charge in [-0.15, -0.1) is 0 Å². The van der Waals surface area contributed by atoms with Crippen molar-refractivity contribution < 1.29 is 14.2 Å². The molecule has 0 atom stereocenters. The quantitative estimate of drug-likeness (QED) is 0.471. The highest BCUT2D eigenvalue weighted by Gasteiger charge is 2.52. The third kappa shape index (κ3) is 2.50. The molecule has 2 rings (SSSR count). The number of halogens is 1. The zero-order valence-electron chi connectivity index (χ0n) is 12.2. The van der Waals surface area contributed by atoms with Crippen LogP contribution in [0.3, 0.4) is 0 Å². The highest BCUT2D eigenvalue weighted by molar-refractivity contribution is 9.10. The van der Waals surface area contributed by atoms with Gasteiger partial charge in [-0.1, -0.05) is 15.9 Å². The molecule has 20 heavy (non-hydrogen) atoms. The van der Waals surface area contributed by atoms with Gasteiger partial charge in [0.15, 0.2) is 0 Å². The van der Waals surface area contributed by atoms with Crippen molar-refractivity contribution in [2.24, 2.45) is 0 Å². The molecule has 0 saturated carbocycles. The van der Waals surface area contributed by atoms with E-state index in [1.807, 2.05) is 33.8 Å². The van der Waals surface area contributed by atoms with Gasteiger partial charge >= 0.3 is 7.12 Å². The fraction of sp³-hybridized carbons (Fsp3) is 0.538. The first kappa shape index (κ1) is 15.5. The zero-order valence-corrected chi connectivity index (χ0v) is 13.8. The van der Waals surface area contributed by atoms with E-state index >= 15 is 0 Å². The van der Waals surface area contributed by atoms with Crippen molar-refractivity contribution in [2.45, 2.75) is 45.8 Å². The predicted molar refractivity (Wildman–Crippen MR) is 81.2 cm³/mol. The lowest BCUT2D eigenvalue weighted by Crippen LogP contribution is -2.41. The molecule has 108 valence electrons. The van der Waals surface area contributed by atoms with Gasteiger partial charge in [0.1, 0.15) is 0 Å². The normalized spacial score (nSPS) is 20.2. The van der Waals surface area contributed by atoms with Crippen LogP contribution in [0.2, 0.25) is 0 Å². The Bertz CT molecular complexity index is 558. The van der Waals surface area contributed by atoms with Crippen molar-refractivity contribution in [1.29, 1.82) is 0 Å². The van der Waals surface area contributed by atoms with E-state index in [-0.39, 0.29) is 5.69 Å². The average Bonchev–Trinajstić information content (AvgIpc) is 2.50. The molecule has 1 heterocycles. The summed E-state index contributed by atoms with van der Waals surface area (Å²) in [4.78, 5) is 10.7.